The summed E-state index contributed by atoms with van der Waals surface area (Å²) in [5.41, 5.74) is 0.0630. The maximum Gasteiger partial charge on any atom is 0.256 e. The minimum atomic E-state index is -3.74. The van der Waals surface area contributed by atoms with Crippen molar-refractivity contribution in [2.45, 2.75) is 51.5 Å². The van der Waals surface area contributed by atoms with Crippen LogP contribution in [0.2, 0.25) is 0 Å². The van der Waals surface area contributed by atoms with Crippen LogP contribution >= 0.6 is 0 Å². The SMILES string of the molecule is C=CCn1cc(C(=O)NCCCN(C)CCCC)c(=O)c2cc(S(=O)(=O)N(CC)CC)ccc21. The lowest BCUT2D eigenvalue weighted by atomic mass is 10.1. The fourth-order valence-electron chi connectivity index (χ4n) is 3.89. The molecule has 0 aliphatic carbocycles. The Labute approximate surface area is 203 Å². The van der Waals surface area contributed by atoms with E-state index in [1.54, 1.807) is 30.6 Å². The zero-order valence-corrected chi connectivity index (χ0v) is 21.7. The van der Waals surface area contributed by atoms with E-state index in [0.717, 1.165) is 32.4 Å². The second-order valence-electron chi connectivity index (χ2n) is 8.35. The highest BCUT2D eigenvalue weighted by atomic mass is 32.2. The first-order valence-corrected chi connectivity index (χ1v) is 13.4. The van der Waals surface area contributed by atoms with Gasteiger partial charge in [-0.2, -0.15) is 4.31 Å². The number of pyridine rings is 1. The van der Waals surface area contributed by atoms with Gasteiger partial charge in [0.25, 0.3) is 5.91 Å². The van der Waals surface area contributed by atoms with Crippen LogP contribution in [-0.4, -0.2) is 67.9 Å². The predicted molar refractivity (Wildman–Crippen MR) is 138 cm³/mol. The molecule has 1 aromatic heterocycles. The Hall–Kier alpha value is -2.49. The van der Waals surface area contributed by atoms with E-state index in [9.17, 15) is 18.0 Å². The number of amides is 1. The van der Waals surface area contributed by atoms with Crippen LogP contribution in [0.1, 0.15) is 50.4 Å². The molecule has 1 heterocycles. The van der Waals surface area contributed by atoms with Crippen molar-refractivity contribution >= 4 is 26.8 Å². The van der Waals surface area contributed by atoms with Gasteiger partial charge in [0.2, 0.25) is 15.5 Å². The zero-order valence-electron chi connectivity index (χ0n) is 20.8. The second-order valence-corrected chi connectivity index (χ2v) is 10.3. The first-order valence-electron chi connectivity index (χ1n) is 12.0. The summed E-state index contributed by atoms with van der Waals surface area (Å²) in [5.74, 6) is -0.460. The van der Waals surface area contributed by atoms with Crippen molar-refractivity contribution in [2.24, 2.45) is 0 Å². The molecule has 0 unspecified atom stereocenters. The Morgan fingerprint density at radius 1 is 1.15 bits per heavy atom. The summed E-state index contributed by atoms with van der Waals surface area (Å²) in [6, 6.07) is 4.50. The van der Waals surface area contributed by atoms with E-state index >= 15 is 0 Å². The molecular formula is C25H38N4O4S. The van der Waals surface area contributed by atoms with Gasteiger partial charge >= 0.3 is 0 Å². The minimum Gasteiger partial charge on any atom is -0.352 e. The van der Waals surface area contributed by atoms with Crippen LogP contribution in [0.3, 0.4) is 0 Å². The Morgan fingerprint density at radius 3 is 2.44 bits per heavy atom. The van der Waals surface area contributed by atoms with Gasteiger partial charge in [0.05, 0.1) is 10.4 Å². The van der Waals surface area contributed by atoms with Gasteiger partial charge in [-0.05, 0) is 51.2 Å². The molecule has 0 aliphatic rings. The van der Waals surface area contributed by atoms with Crippen molar-refractivity contribution in [3.8, 4) is 0 Å². The van der Waals surface area contributed by atoms with Crippen LogP contribution in [0.5, 0.6) is 0 Å². The van der Waals surface area contributed by atoms with Crippen molar-refractivity contribution in [3.05, 3.63) is 52.8 Å². The fraction of sp³-hybridized carbons (Fsp3) is 0.520. The van der Waals surface area contributed by atoms with Gasteiger partial charge in [0.15, 0.2) is 0 Å². The first-order chi connectivity index (χ1) is 16.2. The van der Waals surface area contributed by atoms with Crippen LogP contribution in [0.4, 0.5) is 0 Å². The quantitative estimate of drug-likeness (QED) is 0.325. The van der Waals surface area contributed by atoms with Crippen molar-refractivity contribution < 1.29 is 13.2 Å². The van der Waals surface area contributed by atoms with Crippen molar-refractivity contribution in [1.82, 2.24) is 19.1 Å². The topological polar surface area (TPSA) is 91.7 Å². The molecule has 0 atom stereocenters. The molecule has 1 amide bonds. The van der Waals surface area contributed by atoms with Crippen LogP contribution in [0.25, 0.3) is 10.9 Å². The van der Waals surface area contributed by atoms with Gasteiger partial charge in [-0.3, -0.25) is 9.59 Å². The number of sulfonamides is 1. The van der Waals surface area contributed by atoms with Crippen molar-refractivity contribution in [2.75, 3.05) is 39.8 Å². The third kappa shape index (κ3) is 6.55. The maximum atomic E-state index is 13.3. The highest BCUT2D eigenvalue weighted by Crippen LogP contribution is 2.21. The van der Waals surface area contributed by atoms with Crippen LogP contribution in [-0.2, 0) is 16.6 Å². The highest BCUT2D eigenvalue weighted by molar-refractivity contribution is 7.89. The smallest absolute Gasteiger partial charge is 0.256 e. The summed E-state index contributed by atoms with van der Waals surface area (Å²) >= 11 is 0. The average molecular weight is 491 g/mol. The van der Waals surface area contributed by atoms with Crippen LogP contribution in [0.15, 0.2) is 46.7 Å². The molecule has 1 aromatic carbocycles. The van der Waals surface area contributed by atoms with Gasteiger partial charge in [-0.15, -0.1) is 6.58 Å². The number of fused-ring (bicyclic) bond motifs is 1. The predicted octanol–water partition coefficient (Wildman–Crippen LogP) is 3.07. The van der Waals surface area contributed by atoms with Gasteiger partial charge in [0.1, 0.15) is 5.56 Å². The van der Waals surface area contributed by atoms with E-state index < -0.39 is 21.4 Å². The van der Waals surface area contributed by atoms with Gasteiger partial charge in [0, 0.05) is 37.8 Å². The Kier molecular flexibility index (Phi) is 10.5. The minimum absolute atomic E-state index is 0.00826. The Morgan fingerprint density at radius 2 is 1.82 bits per heavy atom. The molecule has 0 spiro atoms. The summed E-state index contributed by atoms with van der Waals surface area (Å²) in [5, 5.41) is 3.03. The molecule has 0 bridgehead atoms. The summed E-state index contributed by atoms with van der Waals surface area (Å²) < 4.78 is 29.1. The third-order valence-corrected chi connectivity index (χ3v) is 7.91. The monoisotopic (exact) mass is 490 g/mol. The largest absolute Gasteiger partial charge is 0.352 e. The molecule has 8 nitrogen and oxygen atoms in total. The fourth-order valence-corrected chi connectivity index (χ4v) is 5.37. The lowest BCUT2D eigenvalue weighted by molar-refractivity contribution is 0.0950. The van der Waals surface area contributed by atoms with Crippen molar-refractivity contribution in [3.63, 3.8) is 0 Å². The molecule has 0 saturated carbocycles. The van der Waals surface area contributed by atoms with E-state index in [1.807, 2.05) is 0 Å². The molecule has 0 fully saturated rings. The molecule has 2 rings (SSSR count). The Balaban J connectivity index is 2.37. The van der Waals surface area contributed by atoms with E-state index in [2.05, 4.69) is 30.8 Å². The van der Waals surface area contributed by atoms with Gasteiger partial charge < -0.3 is 14.8 Å². The van der Waals surface area contributed by atoms with E-state index in [0.29, 0.717) is 31.7 Å². The van der Waals surface area contributed by atoms with Gasteiger partial charge in [-0.1, -0.05) is 33.3 Å². The molecule has 1 N–H and O–H groups in total. The van der Waals surface area contributed by atoms with Crippen molar-refractivity contribution in [1.29, 1.82) is 0 Å². The number of nitrogens with one attached hydrogen (secondary N) is 1. The number of aromatic nitrogens is 1. The lowest BCUT2D eigenvalue weighted by Crippen LogP contribution is -2.33. The summed E-state index contributed by atoms with van der Waals surface area (Å²) in [6.45, 7) is 12.8. The lowest BCUT2D eigenvalue weighted by Gasteiger charge is -2.19. The molecule has 188 valence electrons. The summed E-state index contributed by atoms with van der Waals surface area (Å²) in [4.78, 5) is 28.4. The van der Waals surface area contributed by atoms with E-state index in [4.69, 9.17) is 0 Å². The number of hydrogen-bond acceptors (Lipinski definition) is 5. The second kappa shape index (κ2) is 12.8. The standard InChI is InChI=1S/C25H38N4O4S/c1-6-10-16-27(5)17-11-14-26-25(31)22-19-28(15-7-2)23-13-12-20(18-21(23)24(22)30)34(32,33)29(8-3)9-4/h7,12-13,18-19H,2,6,8-11,14-17H2,1,3-5H3,(H,26,31). The highest BCUT2D eigenvalue weighted by Gasteiger charge is 2.23. The number of nitrogens with zero attached hydrogens (tertiary/aromatic N) is 3. The molecule has 2 aromatic rings. The molecule has 0 aliphatic heterocycles. The van der Waals surface area contributed by atoms with Crippen LogP contribution < -0.4 is 10.7 Å². The molecule has 34 heavy (non-hydrogen) atoms. The number of carbonyl (C=O) groups excluding carboxylic acids is 1. The normalized spacial score (nSPS) is 11.9. The number of benzene rings is 1. The summed E-state index contributed by atoms with van der Waals surface area (Å²) in [7, 11) is -1.69. The Bertz CT molecular complexity index is 1150. The molecule has 9 heteroatoms. The van der Waals surface area contributed by atoms with E-state index in [-0.39, 0.29) is 15.8 Å². The average Bonchev–Trinajstić information content (AvgIpc) is 2.82. The number of allylic oxidation sites excluding steroid dienone is 1. The molecule has 0 radical (unpaired) electrons. The number of carbonyl (C=O) groups is 1. The third-order valence-electron chi connectivity index (χ3n) is 5.86. The van der Waals surface area contributed by atoms with E-state index in [1.165, 1.54) is 22.6 Å². The number of unbranched alkanes of at least 4 members (excludes halogenated alkanes) is 1. The number of rotatable bonds is 14. The molecule has 0 saturated heterocycles. The summed E-state index contributed by atoms with van der Waals surface area (Å²) in [6.07, 6.45) is 6.23. The molecular weight excluding hydrogens is 452 g/mol. The van der Waals surface area contributed by atoms with Gasteiger partial charge in [-0.25, -0.2) is 8.42 Å². The zero-order chi connectivity index (χ0) is 25.3. The maximum absolute atomic E-state index is 13.3. The first kappa shape index (κ1) is 27.8. The number of hydrogen-bond donors (Lipinski definition) is 1. The van der Waals surface area contributed by atoms with Crippen LogP contribution in [0, 0.1) is 0 Å².